The molecule has 118 valence electrons. The van der Waals surface area contributed by atoms with E-state index in [1.165, 1.54) is 37.7 Å². The van der Waals surface area contributed by atoms with Crippen LogP contribution in [0.5, 0.6) is 0 Å². The van der Waals surface area contributed by atoms with Crippen LogP contribution in [0.4, 0.5) is 0 Å². The lowest BCUT2D eigenvalue weighted by Gasteiger charge is -2.47. The van der Waals surface area contributed by atoms with E-state index in [-0.39, 0.29) is 11.1 Å². The quantitative estimate of drug-likeness (QED) is 0.739. The molecular formula is C20H28N2. The summed E-state index contributed by atoms with van der Waals surface area (Å²) in [6, 6.07) is 11.0. The summed E-state index contributed by atoms with van der Waals surface area (Å²) >= 11 is 0. The van der Waals surface area contributed by atoms with Crippen LogP contribution in [0.15, 0.2) is 55.1 Å². The SMILES string of the molecule is CC(C)(C)N1C=CN(C2(c3ccccc3)CCCCC2)C=C1. The monoisotopic (exact) mass is 296 g/mol. The first-order valence-electron chi connectivity index (χ1n) is 8.51. The van der Waals surface area contributed by atoms with Crippen molar-refractivity contribution in [3.63, 3.8) is 0 Å². The Bertz CT molecular complexity index is 531. The molecule has 1 saturated carbocycles. The first kappa shape index (κ1) is 15.2. The summed E-state index contributed by atoms with van der Waals surface area (Å²) in [5.41, 5.74) is 1.72. The zero-order valence-electron chi connectivity index (χ0n) is 14.1. The fourth-order valence-electron chi connectivity index (χ4n) is 3.70. The summed E-state index contributed by atoms with van der Waals surface area (Å²) < 4.78 is 0. The minimum absolute atomic E-state index is 0.131. The van der Waals surface area contributed by atoms with Crippen molar-refractivity contribution in [3.05, 3.63) is 60.7 Å². The molecule has 0 bridgehead atoms. The Hall–Kier alpha value is -1.70. The second kappa shape index (κ2) is 5.83. The number of nitrogens with zero attached hydrogens (tertiary/aromatic N) is 2. The van der Waals surface area contributed by atoms with Crippen LogP contribution in [-0.2, 0) is 5.54 Å². The summed E-state index contributed by atoms with van der Waals surface area (Å²) in [7, 11) is 0. The largest absolute Gasteiger partial charge is 0.346 e. The summed E-state index contributed by atoms with van der Waals surface area (Å²) in [6.07, 6.45) is 15.4. The van der Waals surface area contributed by atoms with Gasteiger partial charge in [0.2, 0.25) is 0 Å². The van der Waals surface area contributed by atoms with Crippen molar-refractivity contribution in [2.45, 2.75) is 64.0 Å². The van der Waals surface area contributed by atoms with Gasteiger partial charge in [0.1, 0.15) is 0 Å². The second-order valence-electron chi connectivity index (χ2n) is 7.54. The van der Waals surface area contributed by atoms with E-state index in [0.29, 0.717) is 0 Å². The van der Waals surface area contributed by atoms with E-state index in [1.807, 2.05) is 0 Å². The van der Waals surface area contributed by atoms with Crippen molar-refractivity contribution in [3.8, 4) is 0 Å². The molecular weight excluding hydrogens is 268 g/mol. The van der Waals surface area contributed by atoms with E-state index in [1.54, 1.807) is 0 Å². The Kier molecular flexibility index (Phi) is 4.03. The highest BCUT2D eigenvalue weighted by molar-refractivity contribution is 5.28. The third-order valence-corrected chi connectivity index (χ3v) is 5.04. The first-order chi connectivity index (χ1) is 10.5. The van der Waals surface area contributed by atoms with Crippen LogP contribution in [0.25, 0.3) is 0 Å². The van der Waals surface area contributed by atoms with E-state index in [2.05, 4.69) is 85.7 Å². The lowest BCUT2D eigenvalue weighted by molar-refractivity contribution is 0.126. The number of benzene rings is 1. The van der Waals surface area contributed by atoms with Gasteiger partial charge in [0, 0.05) is 30.3 Å². The molecule has 1 heterocycles. The molecule has 3 rings (SSSR count). The number of rotatable bonds is 2. The van der Waals surface area contributed by atoms with Crippen LogP contribution >= 0.6 is 0 Å². The fraction of sp³-hybridized carbons (Fsp3) is 0.500. The van der Waals surface area contributed by atoms with Gasteiger partial charge in [0.05, 0.1) is 5.54 Å². The van der Waals surface area contributed by atoms with Crippen molar-refractivity contribution >= 4 is 0 Å². The lowest BCUT2D eigenvalue weighted by Crippen LogP contribution is -2.44. The highest BCUT2D eigenvalue weighted by atomic mass is 15.3. The molecule has 0 spiro atoms. The van der Waals surface area contributed by atoms with Gasteiger partial charge < -0.3 is 9.80 Å². The average Bonchev–Trinajstić information content (AvgIpc) is 2.56. The van der Waals surface area contributed by atoms with Gasteiger partial charge in [-0.05, 0) is 39.2 Å². The van der Waals surface area contributed by atoms with Crippen LogP contribution in [-0.4, -0.2) is 15.3 Å². The number of hydrogen-bond donors (Lipinski definition) is 0. The second-order valence-corrected chi connectivity index (χ2v) is 7.54. The molecule has 2 nitrogen and oxygen atoms in total. The van der Waals surface area contributed by atoms with E-state index >= 15 is 0 Å². The van der Waals surface area contributed by atoms with E-state index in [0.717, 1.165) is 0 Å². The Morgan fingerprint density at radius 2 is 1.41 bits per heavy atom. The molecule has 0 radical (unpaired) electrons. The van der Waals surface area contributed by atoms with Gasteiger partial charge in [-0.3, -0.25) is 0 Å². The van der Waals surface area contributed by atoms with Crippen molar-refractivity contribution in [1.29, 1.82) is 0 Å². The standard InChI is InChI=1S/C20H28N2/c1-19(2,3)21-14-16-22(17-15-21)20(12-8-5-9-13-20)18-10-6-4-7-11-18/h4,6-7,10-11,14-17H,5,8-9,12-13H2,1-3H3. The third kappa shape index (κ3) is 2.79. The average molecular weight is 296 g/mol. The molecule has 0 N–H and O–H groups in total. The van der Waals surface area contributed by atoms with Crippen molar-refractivity contribution in [2.24, 2.45) is 0 Å². The molecule has 2 heteroatoms. The maximum atomic E-state index is 2.45. The van der Waals surface area contributed by atoms with E-state index < -0.39 is 0 Å². The fourth-order valence-corrected chi connectivity index (χ4v) is 3.70. The Morgan fingerprint density at radius 3 is 1.95 bits per heavy atom. The minimum atomic E-state index is 0.131. The molecule has 1 aromatic carbocycles. The Morgan fingerprint density at radius 1 is 0.818 bits per heavy atom. The van der Waals surface area contributed by atoms with Gasteiger partial charge in [-0.2, -0.15) is 0 Å². The highest BCUT2D eigenvalue weighted by Gasteiger charge is 2.38. The predicted molar refractivity (Wildman–Crippen MR) is 92.9 cm³/mol. The predicted octanol–water partition coefficient (Wildman–Crippen LogP) is 5.20. The minimum Gasteiger partial charge on any atom is -0.346 e. The maximum absolute atomic E-state index is 2.45. The summed E-state index contributed by atoms with van der Waals surface area (Å²) in [4.78, 5) is 4.73. The summed E-state index contributed by atoms with van der Waals surface area (Å²) in [5, 5.41) is 0. The number of hydrogen-bond acceptors (Lipinski definition) is 2. The van der Waals surface area contributed by atoms with Gasteiger partial charge in [0.25, 0.3) is 0 Å². The van der Waals surface area contributed by atoms with Gasteiger partial charge in [-0.1, -0.05) is 49.6 Å². The first-order valence-corrected chi connectivity index (χ1v) is 8.51. The van der Waals surface area contributed by atoms with Crippen molar-refractivity contribution in [1.82, 2.24) is 9.80 Å². The zero-order valence-corrected chi connectivity index (χ0v) is 14.1. The smallest absolute Gasteiger partial charge is 0.0692 e. The molecule has 2 aliphatic rings. The third-order valence-electron chi connectivity index (χ3n) is 5.04. The van der Waals surface area contributed by atoms with Gasteiger partial charge in [-0.15, -0.1) is 0 Å². The molecule has 1 aliphatic carbocycles. The van der Waals surface area contributed by atoms with Crippen molar-refractivity contribution in [2.75, 3.05) is 0 Å². The normalized spacial score (nSPS) is 21.2. The zero-order chi connectivity index (χ0) is 15.6. The molecule has 0 amide bonds. The topological polar surface area (TPSA) is 6.48 Å². The Balaban J connectivity index is 1.91. The van der Waals surface area contributed by atoms with Gasteiger partial charge >= 0.3 is 0 Å². The molecule has 0 atom stereocenters. The van der Waals surface area contributed by atoms with Crippen LogP contribution in [0.2, 0.25) is 0 Å². The van der Waals surface area contributed by atoms with Gasteiger partial charge in [-0.25, -0.2) is 0 Å². The van der Waals surface area contributed by atoms with Crippen LogP contribution in [0.3, 0.4) is 0 Å². The maximum Gasteiger partial charge on any atom is 0.0692 e. The molecule has 0 aromatic heterocycles. The van der Waals surface area contributed by atoms with Crippen LogP contribution in [0, 0.1) is 0 Å². The molecule has 1 aromatic rings. The molecule has 22 heavy (non-hydrogen) atoms. The molecule has 0 saturated heterocycles. The van der Waals surface area contributed by atoms with E-state index in [9.17, 15) is 0 Å². The summed E-state index contributed by atoms with van der Waals surface area (Å²) in [6.45, 7) is 6.72. The Labute approximate surface area is 135 Å². The van der Waals surface area contributed by atoms with Gasteiger partial charge in [0.15, 0.2) is 0 Å². The van der Waals surface area contributed by atoms with E-state index in [4.69, 9.17) is 0 Å². The van der Waals surface area contributed by atoms with Crippen LogP contribution < -0.4 is 0 Å². The van der Waals surface area contributed by atoms with Crippen LogP contribution in [0.1, 0.15) is 58.4 Å². The summed E-state index contributed by atoms with van der Waals surface area (Å²) in [5.74, 6) is 0. The highest BCUT2D eigenvalue weighted by Crippen LogP contribution is 2.43. The molecule has 1 aliphatic heterocycles. The molecule has 1 fully saturated rings. The lowest BCUT2D eigenvalue weighted by atomic mass is 9.75. The van der Waals surface area contributed by atoms with Crippen molar-refractivity contribution < 1.29 is 0 Å². The molecule has 0 unspecified atom stereocenters.